The molecule has 2 heterocycles. The van der Waals surface area contributed by atoms with Crippen LogP contribution in [0.2, 0.25) is 0 Å². The van der Waals surface area contributed by atoms with E-state index >= 15 is 0 Å². The van der Waals surface area contributed by atoms with Gasteiger partial charge in [-0.05, 0) is 25.7 Å². The van der Waals surface area contributed by atoms with Crippen molar-refractivity contribution in [3.63, 3.8) is 0 Å². The van der Waals surface area contributed by atoms with Crippen LogP contribution in [-0.4, -0.2) is 26.6 Å². The molecule has 0 unspecified atom stereocenters. The van der Waals surface area contributed by atoms with Gasteiger partial charge in [0.15, 0.2) is 6.19 Å². The Morgan fingerprint density at radius 2 is 1.46 bits per heavy atom. The van der Waals surface area contributed by atoms with Crippen LogP contribution in [0.5, 0.6) is 0 Å². The van der Waals surface area contributed by atoms with Crippen molar-refractivity contribution in [2.75, 3.05) is 0 Å². The number of halogens is 2. The second kappa shape index (κ2) is 3.78. The molecule has 2 rings (SSSR count). The predicted octanol–water partition coefficient (Wildman–Crippen LogP) is 2.62. The molecule has 0 N–H and O–H groups in total. The van der Waals surface area contributed by atoms with Crippen molar-refractivity contribution in [1.82, 2.24) is 4.90 Å². The Kier molecular flexibility index (Phi) is 2.85. The first-order chi connectivity index (χ1) is 6.24. The van der Waals surface area contributed by atoms with E-state index in [9.17, 15) is 0 Å². The van der Waals surface area contributed by atoms with Crippen LogP contribution in [0.25, 0.3) is 0 Å². The molecule has 13 heavy (non-hydrogen) atoms. The van der Waals surface area contributed by atoms with Crippen LogP contribution in [0, 0.1) is 11.5 Å². The fourth-order valence-corrected chi connectivity index (χ4v) is 3.99. The average Bonchev–Trinajstić information content (AvgIpc) is 2.51. The van der Waals surface area contributed by atoms with Gasteiger partial charge in [-0.1, -0.05) is 31.9 Å². The van der Waals surface area contributed by atoms with Crippen molar-refractivity contribution >= 4 is 31.9 Å². The smallest absolute Gasteiger partial charge is 0.179 e. The van der Waals surface area contributed by atoms with Gasteiger partial charge in [-0.2, -0.15) is 5.26 Å². The van der Waals surface area contributed by atoms with Crippen molar-refractivity contribution in [3.8, 4) is 6.19 Å². The number of fused-ring (bicyclic) bond motifs is 2. The summed E-state index contributed by atoms with van der Waals surface area (Å²) in [4.78, 5) is 2.99. The second-order valence-corrected chi connectivity index (χ2v) is 6.18. The molecule has 0 aromatic carbocycles. The third-order valence-corrected chi connectivity index (χ3v) is 5.28. The molecule has 0 amide bonds. The highest BCUT2D eigenvalue weighted by Crippen LogP contribution is 2.39. The van der Waals surface area contributed by atoms with E-state index in [1.165, 1.54) is 12.8 Å². The van der Waals surface area contributed by atoms with Gasteiger partial charge in [-0.25, -0.2) is 0 Å². The van der Waals surface area contributed by atoms with Crippen molar-refractivity contribution < 1.29 is 0 Å². The van der Waals surface area contributed by atoms with Crippen LogP contribution in [0.4, 0.5) is 0 Å². The van der Waals surface area contributed by atoms with Gasteiger partial charge in [0, 0.05) is 9.65 Å². The van der Waals surface area contributed by atoms with Gasteiger partial charge in [0.1, 0.15) is 0 Å². The van der Waals surface area contributed by atoms with Gasteiger partial charge >= 0.3 is 0 Å². The van der Waals surface area contributed by atoms with Crippen LogP contribution in [0.15, 0.2) is 0 Å². The average molecular weight is 308 g/mol. The van der Waals surface area contributed by atoms with E-state index in [1.807, 2.05) is 4.90 Å². The standard InChI is InChI=1S/C9H12Br2N2/c10-6-1-2-7(11)9-4-3-8(6)13(9)5-12/h6-9H,1-4H2/t6-,7+,8-,9+. The molecule has 2 bridgehead atoms. The Hall–Kier alpha value is 0.250. The third-order valence-electron chi connectivity index (χ3n) is 3.14. The molecule has 0 aromatic rings. The minimum atomic E-state index is 0.442. The minimum absolute atomic E-state index is 0.442. The summed E-state index contributed by atoms with van der Waals surface area (Å²) < 4.78 is 0. The number of nitriles is 1. The summed E-state index contributed by atoms with van der Waals surface area (Å²) in [5.74, 6) is 0. The van der Waals surface area contributed by atoms with E-state index in [0.29, 0.717) is 21.7 Å². The summed E-state index contributed by atoms with van der Waals surface area (Å²) in [6.45, 7) is 0. The molecule has 0 radical (unpaired) electrons. The maximum atomic E-state index is 9.07. The van der Waals surface area contributed by atoms with Gasteiger partial charge in [0.25, 0.3) is 0 Å². The highest BCUT2D eigenvalue weighted by atomic mass is 79.9. The zero-order valence-corrected chi connectivity index (χ0v) is 10.5. The lowest BCUT2D eigenvalue weighted by Gasteiger charge is -2.25. The van der Waals surface area contributed by atoms with Gasteiger partial charge < -0.3 is 4.90 Å². The first-order valence-electron chi connectivity index (χ1n) is 4.70. The summed E-state index contributed by atoms with van der Waals surface area (Å²) in [6.07, 6.45) is 7.02. The maximum Gasteiger partial charge on any atom is 0.179 e. The maximum absolute atomic E-state index is 9.07. The number of hydrogen-bond acceptors (Lipinski definition) is 2. The highest BCUT2D eigenvalue weighted by molar-refractivity contribution is 9.09. The van der Waals surface area contributed by atoms with Gasteiger partial charge in [-0.15, -0.1) is 0 Å². The summed E-state index contributed by atoms with van der Waals surface area (Å²) in [7, 11) is 0. The first-order valence-corrected chi connectivity index (χ1v) is 6.53. The molecule has 2 fully saturated rings. The molecule has 2 aliphatic heterocycles. The monoisotopic (exact) mass is 306 g/mol. The van der Waals surface area contributed by atoms with E-state index in [2.05, 4.69) is 38.1 Å². The topological polar surface area (TPSA) is 27.0 Å². The summed E-state index contributed by atoms with van der Waals surface area (Å²) >= 11 is 7.37. The molecule has 4 heteroatoms. The second-order valence-electron chi connectivity index (χ2n) is 3.83. The zero-order valence-electron chi connectivity index (χ0n) is 7.29. The van der Waals surface area contributed by atoms with E-state index in [1.54, 1.807) is 0 Å². The minimum Gasteiger partial charge on any atom is -0.302 e. The molecule has 0 saturated carbocycles. The molecular weight excluding hydrogens is 296 g/mol. The molecule has 0 aromatic heterocycles. The molecule has 72 valence electrons. The lowest BCUT2D eigenvalue weighted by Crippen LogP contribution is -2.37. The van der Waals surface area contributed by atoms with Crippen LogP contribution >= 0.6 is 31.9 Å². The number of nitrogens with zero attached hydrogens (tertiary/aromatic N) is 2. The van der Waals surface area contributed by atoms with Gasteiger partial charge in [0.2, 0.25) is 0 Å². The fraction of sp³-hybridized carbons (Fsp3) is 0.889. The SMILES string of the molecule is N#CN1[C@@H]2CC[C@H]1[C@@H](Br)CC[C@H]2Br. The largest absolute Gasteiger partial charge is 0.302 e. The normalized spacial score (nSPS) is 44.2. The first kappa shape index (κ1) is 9.79. The van der Waals surface area contributed by atoms with E-state index in [0.717, 1.165) is 12.8 Å². The summed E-state index contributed by atoms with van der Waals surface area (Å²) in [5, 5.41) is 9.07. The summed E-state index contributed by atoms with van der Waals surface area (Å²) in [5.41, 5.74) is 0. The third kappa shape index (κ3) is 1.61. The van der Waals surface area contributed by atoms with Crippen LogP contribution < -0.4 is 0 Å². The zero-order chi connectivity index (χ0) is 9.42. The molecule has 0 aliphatic carbocycles. The quantitative estimate of drug-likeness (QED) is 0.508. The molecule has 2 nitrogen and oxygen atoms in total. The lowest BCUT2D eigenvalue weighted by atomic mass is 10.0. The van der Waals surface area contributed by atoms with Crippen molar-refractivity contribution in [2.24, 2.45) is 0 Å². The van der Waals surface area contributed by atoms with Crippen molar-refractivity contribution in [2.45, 2.75) is 47.4 Å². The Morgan fingerprint density at radius 1 is 1.00 bits per heavy atom. The highest BCUT2D eigenvalue weighted by Gasteiger charge is 2.42. The van der Waals surface area contributed by atoms with Crippen LogP contribution in [0.1, 0.15) is 25.7 Å². The lowest BCUT2D eigenvalue weighted by molar-refractivity contribution is 0.304. The summed E-state index contributed by atoms with van der Waals surface area (Å²) in [6, 6.07) is 0.884. The molecular formula is C9H12Br2N2. The Morgan fingerprint density at radius 3 is 1.85 bits per heavy atom. The molecule has 2 saturated heterocycles. The Labute approximate surface area is 95.5 Å². The molecule has 4 atom stereocenters. The van der Waals surface area contributed by atoms with Crippen LogP contribution in [-0.2, 0) is 0 Å². The van der Waals surface area contributed by atoms with Gasteiger partial charge in [-0.3, -0.25) is 0 Å². The fourth-order valence-electron chi connectivity index (χ4n) is 2.43. The van der Waals surface area contributed by atoms with Gasteiger partial charge in [0.05, 0.1) is 12.1 Å². The predicted molar refractivity (Wildman–Crippen MR) is 58.9 cm³/mol. The number of alkyl halides is 2. The van der Waals surface area contributed by atoms with E-state index in [-0.39, 0.29) is 0 Å². The molecule has 2 aliphatic rings. The van der Waals surface area contributed by atoms with E-state index < -0.39 is 0 Å². The van der Waals surface area contributed by atoms with Crippen molar-refractivity contribution in [3.05, 3.63) is 0 Å². The van der Waals surface area contributed by atoms with E-state index in [4.69, 9.17) is 5.26 Å². The Bertz CT molecular complexity index is 220. The van der Waals surface area contributed by atoms with Crippen molar-refractivity contribution in [1.29, 1.82) is 5.26 Å². The number of hydrogen-bond donors (Lipinski definition) is 0. The molecule has 0 spiro atoms. The Balaban J connectivity index is 2.23. The van der Waals surface area contributed by atoms with Crippen LogP contribution in [0.3, 0.4) is 0 Å². The number of rotatable bonds is 0.